The lowest BCUT2D eigenvalue weighted by molar-refractivity contribution is 0.355. The van der Waals surface area contributed by atoms with E-state index in [1.54, 1.807) is 25.8 Å². The number of nitrogens with zero attached hydrogens (tertiary/aromatic N) is 2. The predicted molar refractivity (Wildman–Crippen MR) is 118 cm³/mol. The molecule has 0 spiro atoms. The maximum absolute atomic E-state index is 12.9. The van der Waals surface area contributed by atoms with E-state index in [1.807, 2.05) is 24.3 Å². The zero-order valence-electron chi connectivity index (χ0n) is 17.2. The van der Waals surface area contributed by atoms with Crippen LogP contribution in [0.1, 0.15) is 32.1 Å². The second-order valence-electron chi connectivity index (χ2n) is 7.58. The van der Waals surface area contributed by atoms with E-state index < -0.39 is 0 Å². The Labute approximate surface area is 174 Å². The molecule has 1 aromatic carbocycles. The third kappa shape index (κ3) is 3.96. The van der Waals surface area contributed by atoms with Crippen LogP contribution in [0.15, 0.2) is 29.1 Å². The number of benzene rings is 1. The van der Waals surface area contributed by atoms with Crippen molar-refractivity contribution in [3.8, 4) is 21.9 Å². The lowest BCUT2D eigenvalue weighted by atomic mass is 9.89. The summed E-state index contributed by atoms with van der Waals surface area (Å²) in [6.07, 6.45) is 6.46. The van der Waals surface area contributed by atoms with E-state index in [1.165, 1.54) is 43.4 Å². The second kappa shape index (κ2) is 8.45. The summed E-state index contributed by atoms with van der Waals surface area (Å²) in [4.78, 5) is 18.6. The first-order chi connectivity index (χ1) is 14.1. The van der Waals surface area contributed by atoms with E-state index >= 15 is 0 Å². The van der Waals surface area contributed by atoms with Crippen molar-refractivity contribution in [2.24, 2.45) is 13.0 Å². The largest absolute Gasteiger partial charge is 0.493 e. The Morgan fingerprint density at radius 3 is 2.62 bits per heavy atom. The Hall–Kier alpha value is -2.54. The van der Waals surface area contributed by atoms with E-state index in [-0.39, 0.29) is 5.56 Å². The summed E-state index contributed by atoms with van der Waals surface area (Å²) < 4.78 is 13.0. The normalized spacial score (nSPS) is 14.9. The van der Waals surface area contributed by atoms with Gasteiger partial charge in [-0.05, 0) is 48.6 Å². The summed E-state index contributed by atoms with van der Waals surface area (Å²) in [7, 11) is 5.02. The Balaban J connectivity index is 1.65. The smallest absolute Gasteiger partial charge is 0.272 e. The average molecular weight is 414 g/mol. The minimum atomic E-state index is -0.0159. The molecule has 0 aliphatic heterocycles. The first-order valence-corrected chi connectivity index (χ1v) is 10.9. The van der Waals surface area contributed by atoms with Crippen molar-refractivity contribution in [2.75, 3.05) is 26.1 Å². The molecule has 7 heteroatoms. The van der Waals surface area contributed by atoms with Crippen LogP contribution in [0, 0.1) is 5.92 Å². The van der Waals surface area contributed by atoms with E-state index in [4.69, 9.17) is 14.5 Å². The van der Waals surface area contributed by atoms with Gasteiger partial charge in [-0.2, -0.15) is 0 Å². The molecule has 1 aliphatic carbocycles. The van der Waals surface area contributed by atoms with Gasteiger partial charge in [-0.25, -0.2) is 4.98 Å². The molecule has 0 unspecified atom stereocenters. The summed E-state index contributed by atoms with van der Waals surface area (Å²) in [6.45, 7) is 0.873. The topological polar surface area (TPSA) is 65.4 Å². The molecule has 0 amide bonds. The van der Waals surface area contributed by atoms with Crippen molar-refractivity contribution < 1.29 is 9.47 Å². The van der Waals surface area contributed by atoms with Crippen LogP contribution in [0.3, 0.4) is 0 Å². The Kier molecular flexibility index (Phi) is 5.76. The number of rotatable bonds is 6. The molecule has 0 saturated heterocycles. The highest BCUT2D eigenvalue weighted by molar-refractivity contribution is 7.22. The molecule has 4 rings (SSSR count). The number of hydrogen-bond acceptors (Lipinski definition) is 6. The average Bonchev–Trinajstić information content (AvgIpc) is 3.19. The van der Waals surface area contributed by atoms with Gasteiger partial charge in [0.1, 0.15) is 4.70 Å². The van der Waals surface area contributed by atoms with Gasteiger partial charge in [0.25, 0.3) is 5.56 Å². The standard InChI is InChI=1S/C22H27N3O3S/c1-25-21(26)20-16(24-22(25)23-13-14-7-5-4-6-8-14)12-19(29-20)15-9-10-17(27-2)18(11-15)28-3/h9-12,14H,4-8,13H2,1-3H3,(H,23,24). The lowest BCUT2D eigenvalue weighted by Gasteiger charge is -2.22. The first kappa shape index (κ1) is 19.8. The van der Waals surface area contributed by atoms with Gasteiger partial charge >= 0.3 is 0 Å². The summed E-state index contributed by atoms with van der Waals surface area (Å²) >= 11 is 1.46. The van der Waals surface area contributed by atoms with Crippen LogP contribution < -0.4 is 20.3 Å². The minimum Gasteiger partial charge on any atom is -0.493 e. The van der Waals surface area contributed by atoms with Crippen molar-refractivity contribution >= 4 is 27.5 Å². The van der Waals surface area contributed by atoms with E-state index in [0.717, 1.165) is 22.5 Å². The number of nitrogens with one attached hydrogen (secondary N) is 1. The van der Waals surface area contributed by atoms with E-state index in [0.29, 0.717) is 28.1 Å². The van der Waals surface area contributed by atoms with Crippen LogP contribution in [0.4, 0.5) is 5.95 Å². The highest BCUT2D eigenvalue weighted by Gasteiger charge is 2.17. The molecule has 1 aliphatic rings. The molecule has 0 radical (unpaired) electrons. The number of anilines is 1. The molecule has 0 bridgehead atoms. The number of ether oxygens (including phenoxy) is 2. The van der Waals surface area contributed by atoms with Gasteiger partial charge < -0.3 is 14.8 Å². The number of aromatic nitrogens is 2. The maximum atomic E-state index is 12.9. The molecule has 6 nitrogen and oxygen atoms in total. The third-order valence-electron chi connectivity index (χ3n) is 5.70. The lowest BCUT2D eigenvalue weighted by Crippen LogP contribution is -2.25. The highest BCUT2D eigenvalue weighted by atomic mass is 32.1. The van der Waals surface area contributed by atoms with Gasteiger partial charge in [0.15, 0.2) is 11.5 Å². The molecule has 3 aromatic rings. The zero-order chi connectivity index (χ0) is 20.4. The summed E-state index contributed by atoms with van der Waals surface area (Å²) in [6, 6.07) is 7.75. The number of fused-ring (bicyclic) bond motifs is 1. The number of thiophene rings is 1. The number of methoxy groups -OCH3 is 2. The molecular weight excluding hydrogens is 386 g/mol. The zero-order valence-corrected chi connectivity index (χ0v) is 18.0. The van der Waals surface area contributed by atoms with Crippen LogP contribution in [0.5, 0.6) is 11.5 Å². The van der Waals surface area contributed by atoms with E-state index in [2.05, 4.69) is 5.32 Å². The quantitative estimate of drug-likeness (QED) is 0.636. The third-order valence-corrected chi connectivity index (χ3v) is 6.86. The van der Waals surface area contributed by atoms with Gasteiger partial charge in [0.05, 0.1) is 19.7 Å². The van der Waals surface area contributed by atoms with Crippen LogP contribution >= 0.6 is 11.3 Å². The molecule has 29 heavy (non-hydrogen) atoms. The van der Waals surface area contributed by atoms with Crippen molar-refractivity contribution in [1.82, 2.24) is 9.55 Å². The van der Waals surface area contributed by atoms with Crippen LogP contribution in [-0.4, -0.2) is 30.3 Å². The van der Waals surface area contributed by atoms with Crippen molar-refractivity contribution in [3.05, 3.63) is 34.6 Å². The van der Waals surface area contributed by atoms with E-state index in [9.17, 15) is 4.79 Å². The van der Waals surface area contributed by atoms with Gasteiger partial charge in [0, 0.05) is 18.5 Å². The minimum absolute atomic E-state index is 0.0159. The van der Waals surface area contributed by atoms with Crippen LogP contribution in [0.2, 0.25) is 0 Å². The second-order valence-corrected chi connectivity index (χ2v) is 8.63. The molecular formula is C22H27N3O3S. The number of hydrogen-bond donors (Lipinski definition) is 1. The fourth-order valence-corrected chi connectivity index (χ4v) is 5.04. The van der Waals surface area contributed by atoms with Gasteiger partial charge in [-0.1, -0.05) is 19.3 Å². The van der Waals surface area contributed by atoms with Crippen LogP contribution in [-0.2, 0) is 7.05 Å². The molecule has 1 saturated carbocycles. The maximum Gasteiger partial charge on any atom is 0.272 e. The van der Waals surface area contributed by atoms with Crippen molar-refractivity contribution in [2.45, 2.75) is 32.1 Å². The Morgan fingerprint density at radius 2 is 1.90 bits per heavy atom. The van der Waals surface area contributed by atoms with Crippen molar-refractivity contribution in [1.29, 1.82) is 0 Å². The summed E-state index contributed by atoms with van der Waals surface area (Å²) in [5.41, 5.74) is 1.69. The predicted octanol–water partition coefficient (Wildman–Crippen LogP) is 4.67. The monoisotopic (exact) mass is 413 g/mol. The molecule has 154 valence electrons. The summed E-state index contributed by atoms with van der Waals surface area (Å²) in [5, 5.41) is 3.42. The van der Waals surface area contributed by atoms with Crippen molar-refractivity contribution in [3.63, 3.8) is 0 Å². The Morgan fingerprint density at radius 1 is 1.14 bits per heavy atom. The molecule has 2 aromatic heterocycles. The molecule has 1 fully saturated rings. The molecule has 1 N–H and O–H groups in total. The van der Waals surface area contributed by atoms with Gasteiger partial charge in [-0.3, -0.25) is 9.36 Å². The summed E-state index contributed by atoms with van der Waals surface area (Å²) in [5.74, 6) is 2.66. The fraction of sp³-hybridized carbons (Fsp3) is 0.455. The SMILES string of the molecule is COc1ccc(-c2cc3nc(NCC4CCCCC4)n(C)c(=O)c3s2)cc1OC. The van der Waals surface area contributed by atoms with Gasteiger partial charge in [-0.15, -0.1) is 11.3 Å². The highest BCUT2D eigenvalue weighted by Crippen LogP contribution is 2.36. The molecule has 2 heterocycles. The fourth-order valence-electron chi connectivity index (χ4n) is 3.97. The van der Waals surface area contributed by atoms with Crippen LogP contribution in [0.25, 0.3) is 20.7 Å². The Bertz CT molecular complexity index is 1070. The van der Waals surface area contributed by atoms with Gasteiger partial charge in [0.2, 0.25) is 5.95 Å². The molecule has 0 atom stereocenters. The first-order valence-electron chi connectivity index (χ1n) is 10.1.